The second-order valence-electron chi connectivity index (χ2n) is 6.91. The molecular formula is C17H29FIN3O2S. The summed E-state index contributed by atoms with van der Waals surface area (Å²) in [4.78, 5) is 4.16. The van der Waals surface area contributed by atoms with E-state index in [-0.39, 0.29) is 41.0 Å². The fourth-order valence-electron chi connectivity index (χ4n) is 2.10. The number of hydrogen-bond acceptors (Lipinski definition) is 3. The molecule has 0 aliphatic carbocycles. The van der Waals surface area contributed by atoms with Gasteiger partial charge in [0.25, 0.3) is 0 Å². The first-order valence-corrected chi connectivity index (χ1v) is 9.96. The Labute approximate surface area is 167 Å². The van der Waals surface area contributed by atoms with Crippen LogP contribution in [0.25, 0.3) is 0 Å². The lowest BCUT2D eigenvalue weighted by Crippen LogP contribution is -2.42. The summed E-state index contributed by atoms with van der Waals surface area (Å²) in [5, 5.41) is 6.39. The maximum Gasteiger partial charge on any atom is 0.191 e. The molecule has 0 saturated carbocycles. The van der Waals surface area contributed by atoms with Crippen LogP contribution in [0, 0.1) is 18.2 Å². The van der Waals surface area contributed by atoms with Gasteiger partial charge in [-0.05, 0) is 36.0 Å². The van der Waals surface area contributed by atoms with Crippen molar-refractivity contribution < 1.29 is 12.8 Å². The monoisotopic (exact) mass is 485 g/mol. The second-order valence-corrected chi connectivity index (χ2v) is 9.17. The van der Waals surface area contributed by atoms with Gasteiger partial charge >= 0.3 is 0 Å². The quantitative estimate of drug-likeness (QED) is 0.354. The SMILES string of the molecule is CN=C(NCc1ccc(F)c(C)c1)NCC(C)(C)CCS(C)(=O)=O.I. The van der Waals surface area contributed by atoms with Crippen molar-refractivity contribution >= 4 is 39.8 Å². The Hall–Kier alpha value is -0.900. The number of aryl methyl sites for hydroxylation is 1. The summed E-state index contributed by atoms with van der Waals surface area (Å²) >= 11 is 0. The van der Waals surface area contributed by atoms with E-state index in [0.29, 0.717) is 31.0 Å². The molecule has 0 aromatic heterocycles. The first kappa shape index (κ1) is 24.1. The zero-order chi connectivity index (χ0) is 18.4. The van der Waals surface area contributed by atoms with Crippen LogP contribution in [-0.2, 0) is 16.4 Å². The van der Waals surface area contributed by atoms with Crippen LogP contribution >= 0.6 is 24.0 Å². The van der Waals surface area contributed by atoms with Gasteiger partial charge in [-0.15, -0.1) is 24.0 Å². The zero-order valence-corrected chi connectivity index (χ0v) is 18.7. The van der Waals surface area contributed by atoms with Crippen molar-refractivity contribution in [1.82, 2.24) is 10.6 Å². The molecule has 0 aliphatic rings. The van der Waals surface area contributed by atoms with Gasteiger partial charge in [-0.25, -0.2) is 12.8 Å². The van der Waals surface area contributed by atoms with Crippen LogP contribution in [0.5, 0.6) is 0 Å². The molecule has 0 radical (unpaired) electrons. The molecule has 2 N–H and O–H groups in total. The molecule has 0 amide bonds. The molecule has 1 aromatic carbocycles. The van der Waals surface area contributed by atoms with E-state index in [1.165, 1.54) is 12.3 Å². The summed E-state index contributed by atoms with van der Waals surface area (Å²) in [6.45, 7) is 6.90. The van der Waals surface area contributed by atoms with Gasteiger partial charge in [-0.2, -0.15) is 0 Å². The zero-order valence-electron chi connectivity index (χ0n) is 15.5. The highest BCUT2D eigenvalue weighted by Crippen LogP contribution is 2.19. The Balaban J connectivity index is 0.00000576. The highest BCUT2D eigenvalue weighted by Gasteiger charge is 2.20. The number of halogens is 2. The van der Waals surface area contributed by atoms with Gasteiger partial charge < -0.3 is 10.6 Å². The third-order valence-corrected chi connectivity index (χ3v) is 4.74. The summed E-state index contributed by atoms with van der Waals surface area (Å²) < 4.78 is 35.9. The number of nitrogens with one attached hydrogen (secondary N) is 2. The van der Waals surface area contributed by atoms with Gasteiger partial charge in [0, 0.05) is 26.4 Å². The molecule has 0 atom stereocenters. The van der Waals surface area contributed by atoms with Gasteiger partial charge in [0.1, 0.15) is 15.7 Å². The van der Waals surface area contributed by atoms with E-state index >= 15 is 0 Å². The number of guanidine groups is 1. The number of sulfone groups is 1. The molecule has 1 rings (SSSR count). The average Bonchev–Trinajstić information content (AvgIpc) is 2.48. The second kappa shape index (κ2) is 10.3. The number of nitrogens with zero attached hydrogens (tertiary/aromatic N) is 1. The predicted molar refractivity (Wildman–Crippen MR) is 113 cm³/mol. The van der Waals surface area contributed by atoms with Crippen molar-refractivity contribution in [2.24, 2.45) is 10.4 Å². The Morgan fingerprint density at radius 3 is 2.44 bits per heavy atom. The van der Waals surface area contributed by atoms with E-state index in [1.54, 1.807) is 26.1 Å². The lowest BCUT2D eigenvalue weighted by Gasteiger charge is -2.25. The molecular weight excluding hydrogens is 456 g/mol. The molecule has 0 fully saturated rings. The van der Waals surface area contributed by atoms with Gasteiger partial charge in [-0.1, -0.05) is 26.0 Å². The van der Waals surface area contributed by atoms with Crippen LogP contribution in [0.2, 0.25) is 0 Å². The van der Waals surface area contributed by atoms with Crippen LogP contribution in [0.1, 0.15) is 31.4 Å². The largest absolute Gasteiger partial charge is 0.356 e. The molecule has 0 bridgehead atoms. The smallest absolute Gasteiger partial charge is 0.191 e. The molecule has 25 heavy (non-hydrogen) atoms. The van der Waals surface area contributed by atoms with Crippen LogP contribution in [0.3, 0.4) is 0 Å². The Bertz CT molecular complexity index is 691. The molecule has 0 heterocycles. The minimum atomic E-state index is -2.96. The molecule has 5 nitrogen and oxygen atoms in total. The summed E-state index contributed by atoms with van der Waals surface area (Å²) in [5.74, 6) is 0.584. The first-order valence-electron chi connectivity index (χ1n) is 7.90. The van der Waals surface area contributed by atoms with Crippen molar-refractivity contribution in [3.8, 4) is 0 Å². The van der Waals surface area contributed by atoms with Gasteiger partial charge in [0.2, 0.25) is 0 Å². The molecule has 0 aliphatic heterocycles. The van der Waals surface area contributed by atoms with E-state index in [9.17, 15) is 12.8 Å². The average molecular weight is 485 g/mol. The van der Waals surface area contributed by atoms with E-state index < -0.39 is 9.84 Å². The number of aliphatic imine (C=N–C) groups is 1. The maximum atomic E-state index is 13.3. The van der Waals surface area contributed by atoms with E-state index in [0.717, 1.165) is 5.56 Å². The van der Waals surface area contributed by atoms with E-state index in [1.807, 2.05) is 13.8 Å². The number of rotatable bonds is 7. The van der Waals surface area contributed by atoms with Crippen molar-refractivity contribution in [1.29, 1.82) is 0 Å². The van der Waals surface area contributed by atoms with Crippen molar-refractivity contribution in [3.63, 3.8) is 0 Å². The molecule has 0 spiro atoms. The summed E-state index contributed by atoms with van der Waals surface area (Å²) in [7, 11) is -1.28. The molecule has 144 valence electrons. The van der Waals surface area contributed by atoms with Crippen molar-refractivity contribution in [3.05, 3.63) is 35.1 Å². The third-order valence-electron chi connectivity index (χ3n) is 3.79. The standard InChI is InChI=1S/C17H28FN3O2S.HI/c1-13-10-14(6-7-15(13)18)11-20-16(19-4)21-12-17(2,3)8-9-24(5,22)23;/h6-7,10H,8-9,11-12H2,1-5H3,(H2,19,20,21);1H. The third kappa shape index (κ3) is 9.98. The van der Waals surface area contributed by atoms with Crippen LogP contribution in [0.4, 0.5) is 4.39 Å². The molecule has 0 unspecified atom stereocenters. The topological polar surface area (TPSA) is 70.6 Å². The van der Waals surface area contributed by atoms with Gasteiger partial charge in [-0.3, -0.25) is 4.99 Å². The lowest BCUT2D eigenvalue weighted by atomic mass is 9.90. The van der Waals surface area contributed by atoms with Crippen molar-refractivity contribution in [2.45, 2.75) is 33.7 Å². The Morgan fingerprint density at radius 1 is 1.28 bits per heavy atom. The van der Waals surface area contributed by atoms with Crippen molar-refractivity contribution in [2.75, 3.05) is 25.6 Å². The van der Waals surface area contributed by atoms with Gasteiger partial charge in [0.05, 0.1) is 5.75 Å². The van der Waals surface area contributed by atoms with Crippen LogP contribution in [-0.4, -0.2) is 40.0 Å². The predicted octanol–water partition coefficient (Wildman–Crippen LogP) is 2.88. The first-order chi connectivity index (χ1) is 11.0. The van der Waals surface area contributed by atoms with Crippen LogP contribution in [0.15, 0.2) is 23.2 Å². The molecule has 1 aromatic rings. The Morgan fingerprint density at radius 2 is 1.92 bits per heavy atom. The highest BCUT2D eigenvalue weighted by atomic mass is 127. The summed E-state index contributed by atoms with van der Waals surface area (Å²) in [6, 6.07) is 4.99. The fraction of sp³-hybridized carbons (Fsp3) is 0.588. The normalized spacial score (nSPS) is 12.5. The van der Waals surface area contributed by atoms with Crippen LogP contribution < -0.4 is 10.6 Å². The van der Waals surface area contributed by atoms with E-state index in [2.05, 4.69) is 15.6 Å². The van der Waals surface area contributed by atoms with E-state index in [4.69, 9.17) is 0 Å². The minimum absolute atomic E-state index is 0. The Kier molecular flexibility index (Phi) is 9.93. The summed E-state index contributed by atoms with van der Waals surface area (Å²) in [6.07, 6.45) is 1.83. The minimum Gasteiger partial charge on any atom is -0.356 e. The molecule has 0 saturated heterocycles. The van der Waals surface area contributed by atoms with Gasteiger partial charge in [0.15, 0.2) is 5.96 Å². The fourth-order valence-corrected chi connectivity index (χ4v) is 3.02. The molecule has 8 heteroatoms. The summed E-state index contributed by atoms with van der Waals surface area (Å²) in [5.41, 5.74) is 1.40. The number of benzene rings is 1. The lowest BCUT2D eigenvalue weighted by molar-refractivity contribution is 0.348. The maximum absolute atomic E-state index is 13.3. The highest BCUT2D eigenvalue weighted by molar-refractivity contribution is 14.0. The number of hydrogen-bond donors (Lipinski definition) is 2.